The lowest BCUT2D eigenvalue weighted by atomic mass is 10.3. The Morgan fingerprint density at radius 2 is 2.00 bits per heavy atom. The molecule has 5 heteroatoms. The maximum Gasteiger partial charge on any atom is 0.184 e. The topological polar surface area (TPSA) is 67.3 Å². The maximum absolute atomic E-state index is 4.13. The molecule has 0 aliphatic carbocycles. The van der Waals surface area contributed by atoms with Crippen LogP contribution < -0.4 is 0 Å². The van der Waals surface area contributed by atoms with Gasteiger partial charge in [0.15, 0.2) is 5.82 Å². The number of aromatic amines is 1. The first-order valence-corrected chi connectivity index (χ1v) is 3.50. The van der Waals surface area contributed by atoms with Crippen LogP contribution in [0.3, 0.4) is 0 Å². The second-order valence-corrected chi connectivity index (χ2v) is 2.37. The molecule has 0 saturated heterocycles. The summed E-state index contributed by atoms with van der Waals surface area (Å²) in [4.78, 5) is 11.9. The molecule has 0 aliphatic heterocycles. The summed E-state index contributed by atoms with van der Waals surface area (Å²) >= 11 is 0. The molecule has 2 rings (SSSR count). The largest absolute Gasteiger partial charge is 0.263 e. The predicted molar refractivity (Wildman–Crippen MR) is 42.1 cm³/mol. The van der Waals surface area contributed by atoms with Gasteiger partial charge in [-0.25, -0.2) is 15.0 Å². The Labute approximate surface area is 68.9 Å². The highest BCUT2D eigenvalue weighted by Crippen LogP contribution is 2.09. The van der Waals surface area contributed by atoms with Crippen LogP contribution in [0.15, 0.2) is 18.7 Å². The van der Waals surface area contributed by atoms with Crippen LogP contribution in [-0.2, 0) is 0 Å². The van der Waals surface area contributed by atoms with Gasteiger partial charge >= 0.3 is 0 Å². The van der Waals surface area contributed by atoms with Crippen molar-refractivity contribution < 1.29 is 0 Å². The summed E-state index contributed by atoms with van der Waals surface area (Å²) in [6, 6.07) is 0. The van der Waals surface area contributed by atoms with Crippen LogP contribution in [0.2, 0.25) is 0 Å². The van der Waals surface area contributed by atoms with Crippen LogP contribution in [0, 0.1) is 6.92 Å². The highest BCUT2D eigenvalue weighted by molar-refractivity contribution is 5.50. The Morgan fingerprint density at radius 3 is 2.58 bits per heavy atom. The zero-order valence-electron chi connectivity index (χ0n) is 6.52. The Kier molecular flexibility index (Phi) is 1.55. The van der Waals surface area contributed by atoms with E-state index < -0.39 is 0 Å². The van der Waals surface area contributed by atoms with E-state index in [1.807, 2.05) is 6.92 Å². The second kappa shape index (κ2) is 2.69. The molecule has 2 aromatic rings. The van der Waals surface area contributed by atoms with Crippen molar-refractivity contribution >= 4 is 0 Å². The number of aryl methyl sites for hydroxylation is 1. The van der Waals surface area contributed by atoms with E-state index >= 15 is 0 Å². The van der Waals surface area contributed by atoms with E-state index in [1.165, 1.54) is 6.33 Å². The summed E-state index contributed by atoms with van der Waals surface area (Å²) in [6.07, 6.45) is 4.83. The molecule has 1 N–H and O–H groups in total. The molecular formula is C7H7N5. The summed E-state index contributed by atoms with van der Waals surface area (Å²) in [5.41, 5.74) is 0.821. The van der Waals surface area contributed by atoms with Gasteiger partial charge < -0.3 is 0 Å². The molecule has 5 nitrogen and oxygen atoms in total. The highest BCUT2D eigenvalue weighted by Gasteiger charge is 2.02. The third-order valence-electron chi connectivity index (χ3n) is 1.42. The number of aromatic nitrogens is 5. The lowest BCUT2D eigenvalue weighted by Crippen LogP contribution is -1.83. The molecule has 0 saturated carbocycles. The van der Waals surface area contributed by atoms with Crippen LogP contribution in [0.5, 0.6) is 0 Å². The van der Waals surface area contributed by atoms with Crippen molar-refractivity contribution in [2.45, 2.75) is 6.92 Å². The van der Waals surface area contributed by atoms with E-state index in [-0.39, 0.29) is 0 Å². The van der Waals surface area contributed by atoms with Gasteiger partial charge in [-0.15, -0.1) is 0 Å². The summed E-state index contributed by atoms with van der Waals surface area (Å²) in [6.45, 7) is 1.85. The van der Waals surface area contributed by atoms with Crippen molar-refractivity contribution in [3.63, 3.8) is 0 Å². The Hall–Kier alpha value is -1.78. The maximum atomic E-state index is 4.13. The van der Waals surface area contributed by atoms with Crippen molar-refractivity contribution in [1.82, 2.24) is 25.1 Å². The third-order valence-corrected chi connectivity index (χ3v) is 1.42. The Morgan fingerprint density at radius 1 is 1.25 bits per heavy atom. The summed E-state index contributed by atoms with van der Waals surface area (Å²) in [7, 11) is 0. The minimum atomic E-state index is 0.633. The van der Waals surface area contributed by atoms with Crippen LogP contribution in [-0.4, -0.2) is 25.1 Å². The lowest BCUT2D eigenvalue weighted by molar-refractivity contribution is 1.04. The number of hydrogen-bond acceptors (Lipinski definition) is 4. The van der Waals surface area contributed by atoms with Gasteiger partial charge in [0.25, 0.3) is 0 Å². The molecule has 0 unspecified atom stereocenters. The fourth-order valence-electron chi connectivity index (χ4n) is 0.886. The molecule has 0 radical (unpaired) electrons. The van der Waals surface area contributed by atoms with Gasteiger partial charge in [0.2, 0.25) is 0 Å². The van der Waals surface area contributed by atoms with E-state index in [0.29, 0.717) is 5.82 Å². The minimum Gasteiger partial charge on any atom is -0.263 e. The smallest absolute Gasteiger partial charge is 0.184 e. The van der Waals surface area contributed by atoms with Crippen molar-refractivity contribution in [1.29, 1.82) is 0 Å². The number of hydrogen-bond donors (Lipinski definition) is 1. The normalized spacial score (nSPS) is 10.1. The minimum absolute atomic E-state index is 0.633. The van der Waals surface area contributed by atoms with Gasteiger partial charge in [-0.1, -0.05) is 0 Å². The summed E-state index contributed by atoms with van der Waals surface area (Å²) in [5, 5.41) is 6.72. The van der Waals surface area contributed by atoms with Gasteiger partial charge in [-0.2, -0.15) is 5.10 Å². The molecule has 0 aromatic carbocycles. The Balaban J connectivity index is 2.45. The van der Waals surface area contributed by atoms with E-state index in [4.69, 9.17) is 0 Å². The van der Waals surface area contributed by atoms with Crippen molar-refractivity contribution in [2.75, 3.05) is 0 Å². The molecule has 2 aromatic heterocycles. The zero-order chi connectivity index (χ0) is 8.39. The van der Waals surface area contributed by atoms with Crippen LogP contribution in [0.4, 0.5) is 0 Å². The highest BCUT2D eigenvalue weighted by atomic mass is 15.2. The number of H-pyrrole nitrogens is 1. The first kappa shape index (κ1) is 6.90. The summed E-state index contributed by atoms with van der Waals surface area (Å²) < 4.78 is 0. The SMILES string of the molecule is Cc1nc(-c2cncnc2)n[nH]1. The third kappa shape index (κ3) is 1.16. The van der Waals surface area contributed by atoms with E-state index in [0.717, 1.165) is 11.4 Å². The Bertz CT molecular complexity index is 366. The predicted octanol–water partition coefficient (Wildman–Crippen LogP) is 0.570. The van der Waals surface area contributed by atoms with Crippen LogP contribution >= 0.6 is 0 Å². The molecule has 0 amide bonds. The first-order chi connectivity index (χ1) is 5.86. The molecule has 0 aliphatic rings. The van der Waals surface area contributed by atoms with Gasteiger partial charge in [0.1, 0.15) is 12.2 Å². The zero-order valence-corrected chi connectivity index (χ0v) is 6.52. The second-order valence-electron chi connectivity index (χ2n) is 2.37. The molecule has 2 heterocycles. The molecule has 0 atom stereocenters. The number of nitrogens with one attached hydrogen (secondary N) is 1. The van der Waals surface area contributed by atoms with E-state index in [1.54, 1.807) is 12.4 Å². The molecule has 0 spiro atoms. The van der Waals surface area contributed by atoms with Crippen molar-refractivity contribution in [3.8, 4) is 11.4 Å². The summed E-state index contributed by atoms with van der Waals surface area (Å²) in [5.74, 6) is 1.42. The standard InChI is InChI=1S/C7H7N5/c1-5-10-7(12-11-5)6-2-8-4-9-3-6/h2-4H,1H3,(H,10,11,12). The first-order valence-electron chi connectivity index (χ1n) is 3.50. The number of nitrogens with zero attached hydrogens (tertiary/aromatic N) is 4. The molecule has 0 bridgehead atoms. The lowest BCUT2D eigenvalue weighted by Gasteiger charge is -1.89. The monoisotopic (exact) mass is 161 g/mol. The van der Waals surface area contributed by atoms with Gasteiger partial charge in [-0.3, -0.25) is 5.10 Å². The van der Waals surface area contributed by atoms with Crippen molar-refractivity contribution in [3.05, 3.63) is 24.5 Å². The average Bonchev–Trinajstić information content (AvgIpc) is 2.54. The van der Waals surface area contributed by atoms with Crippen LogP contribution in [0.25, 0.3) is 11.4 Å². The average molecular weight is 161 g/mol. The molecule has 12 heavy (non-hydrogen) atoms. The van der Waals surface area contributed by atoms with Gasteiger partial charge in [0.05, 0.1) is 5.56 Å². The fourth-order valence-corrected chi connectivity index (χ4v) is 0.886. The molecule has 60 valence electrons. The molecular weight excluding hydrogens is 154 g/mol. The fraction of sp³-hybridized carbons (Fsp3) is 0.143. The van der Waals surface area contributed by atoms with Gasteiger partial charge in [-0.05, 0) is 6.92 Å². The van der Waals surface area contributed by atoms with E-state index in [9.17, 15) is 0 Å². The quantitative estimate of drug-likeness (QED) is 0.663. The van der Waals surface area contributed by atoms with Crippen LogP contribution in [0.1, 0.15) is 5.82 Å². The van der Waals surface area contributed by atoms with Crippen molar-refractivity contribution in [2.24, 2.45) is 0 Å². The number of rotatable bonds is 1. The van der Waals surface area contributed by atoms with E-state index in [2.05, 4.69) is 25.1 Å². The molecule has 0 fully saturated rings. The van der Waals surface area contributed by atoms with Gasteiger partial charge in [0, 0.05) is 12.4 Å².